The molecule has 0 amide bonds. The van der Waals surface area contributed by atoms with E-state index in [4.69, 9.17) is 4.98 Å². The van der Waals surface area contributed by atoms with E-state index in [9.17, 15) is 2.74 Å². The van der Waals surface area contributed by atoms with E-state index < -0.39 is 5.66 Å². The summed E-state index contributed by atoms with van der Waals surface area (Å²) in [6, 6.07) is 25.2. The van der Waals surface area contributed by atoms with Crippen LogP contribution in [-0.4, -0.2) is 16.6 Å². The molecule has 0 saturated carbocycles. The van der Waals surface area contributed by atoms with E-state index in [0.717, 1.165) is 33.7 Å². The van der Waals surface area contributed by atoms with Gasteiger partial charge in [0.25, 0.3) is 0 Å². The van der Waals surface area contributed by atoms with Crippen LogP contribution in [0.15, 0.2) is 78.8 Å². The third-order valence-corrected chi connectivity index (χ3v) is 12.2. The fraction of sp³-hybridized carbons (Fsp3) is 0.375. The molecule has 3 nitrogen and oxygen atoms in total. The molecule has 3 heteroatoms. The molecule has 0 unspecified atom stereocenters. The minimum atomic E-state index is -0.787. The van der Waals surface area contributed by atoms with E-state index in [0.29, 0.717) is 17.6 Å². The Morgan fingerprint density at radius 1 is 0.698 bits per heavy atom. The van der Waals surface area contributed by atoms with Crippen LogP contribution in [0.4, 0.5) is 5.69 Å². The van der Waals surface area contributed by atoms with Gasteiger partial charge in [0, 0.05) is 23.7 Å². The highest BCUT2D eigenvalue weighted by Crippen LogP contribution is 2.63. The summed E-state index contributed by atoms with van der Waals surface area (Å²) >= 11 is 0. The fourth-order valence-corrected chi connectivity index (χ4v) is 8.40. The second kappa shape index (κ2) is 7.80. The molecule has 1 aromatic heterocycles. The Labute approximate surface area is 259 Å². The minimum absolute atomic E-state index is 0.0282. The van der Waals surface area contributed by atoms with Gasteiger partial charge in [0.05, 0.1) is 19.5 Å². The highest BCUT2D eigenvalue weighted by atomic mass is 15.4. The summed E-state index contributed by atoms with van der Waals surface area (Å²) in [5.74, 6) is 0.825. The molecule has 2 aliphatic carbocycles. The number of hydrogen-bond acceptors (Lipinski definition) is 2. The summed E-state index contributed by atoms with van der Waals surface area (Å²) in [7, 11) is 2.20. The van der Waals surface area contributed by atoms with E-state index in [1.165, 1.54) is 27.8 Å². The lowest BCUT2D eigenvalue weighted by Gasteiger charge is -2.48. The summed E-state index contributed by atoms with van der Waals surface area (Å²) in [4.78, 5) is 7.84. The maximum atomic E-state index is 10.1. The summed E-state index contributed by atoms with van der Waals surface area (Å²) in [5.41, 5.74) is 9.88. The second-order valence-corrected chi connectivity index (χ2v) is 15.6. The van der Waals surface area contributed by atoms with Gasteiger partial charge in [-0.25, -0.2) is 4.98 Å². The first kappa shape index (κ1) is 24.6. The second-order valence-electron chi connectivity index (χ2n) is 15.6. The van der Waals surface area contributed by atoms with Crippen molar-refractivity contribution in [2.45, 2.75) is 84.2 Å². The van der Waals surface area contributed by atoms with E-state index in [2.05, 4.69) is 146 Å². The quantitative estimate of drug-likeness (QED) is 0.186. The molecule has 3 aliphatic rings. The monoisotopic (exact) mass is 567 g/mol. The SMILES string of the molecule is [2H]c1c2c(c([2H])c3c1nc1n3C3(c4ccccc4-c4ccccc43)N(C)c3cc(C(C)(C)C)ccc3-1)C(C)(C)C(C)(C)C2(C)C. The van der Waals surface area contributed by atoms with Gasteiger partial charge in [-0.2, -0.15) is 0 Å². The molecule has 2 heterocycles. The molecule has 5 aromatic rings. The number of nitrogens with zero attached hydrogens (tertiary/aromatic N) is 3. The fourth-order valence-electron chi connectivity index (χ4n) is 8.40. The highest BCUT2D eigenvalue weighted by molar-refractivity contribution is 5.94. The van der Waals surface area contributed by atoms with Gasteiger partial charge in [0.2, 0.25) is 0 Å². The Morgan fingerprint density at radius 2 is 1.26 bits per heavy atom. The van der Waals surface area contributed by atoms with Gasteiger partial charge >= 0.3 is 0 Å². The molecule has 1 aliphatic heterocycles. The minimum Gasteiger partial charge on any atom is -0.343 e. The first-order valence-corrected chi connectivity index (χ1v) is 15.7. The van der Waals surface area contributed by atoms with Gasteiger partial charge in [-0.05, 0) is 73.7 Å². The van der Waals surface area contributed by atoms with E-state index in [1.807, 2.05) is 0 Å². The summed E-state index contributed by atoms with van der Waals surface area (Å²) < 4.78 is 22.3. The lowest BCUT2D eigenvalue weighted by molar-refractivity contribution is 0.125. The molecular formula is C40H43N3. The Morgan fingerprint density at radius 3 is 1.84 bits per heavy atom. The lowest BCUT2D eigenvalue weighted by atomic mass is 9.59. The Balaban J connectivity index is 1.62. The van der Waals surface area contributed by atoms with Crippen molar-refractivity contribution in [3.8, 4) is 22.5 Å². The molecule has 0 N–H and O–H groups in total. The van der Waals surface area contributed by atoms with Gasteiger partial charge in [-0.15, -0.1) is 0 Å². The number of rotatable bonds is 0. The van der Waals surface area contributed by atoms with Crippen LogP contribution in [0.25, 0.3) is 33.5 Å². The average molecular weight is 568 g/mol. The normalized spacial score (nSPS) is 20.3. The topological polar surface area (TPSA) is 21.1 Å². The summed E-state index contributed by atoms with van der Waals surface area (Å²) in [6.07, 6.45) is 0. The predicted molar refractivity (Wildman–Crippen MR) is 180 cm³/mol. The molecule has 0 bridgehead atoms. The number of fused-ring (bicyclic) bond motifs is 12. The Bertz CT molecular complexity index is 2080. The molecule has 0 radical (unpaired) electrons. The average Bonchev–Trinajstić information content (AvgIpc) is 3.56. The third-order valence-electron chi connectivity index (χ3n) is 12.2. The van der Waals surface area contributed by atoms with Crippen molar-refractivity contribution in [1.82, 2.24) is 9.55 Å². The molecule has 0 atom stereocenters. The van der Waals surface area contributed by atoms with Crippen molar-refractivity contribution in [1.29, 1.82) is 0 Å². The Kier molecular flexibility index (Phi) is 4.46. The van der Waals surface area contributed by atoms with Crippen LogP contribution >= 0.6 is 0 Å². The molecular weight excluding hydrogens is 522 g/mol. The third kappa shape index (κ3) is 2.90. The molecule has 218 valence electrons. The van der Waals surface area contributed by atoms with Crippen LogP contribution in [0.3, 0.4) is 0 Å². The number of imidazole rings is 1. The van der Waals surface area contributed by atoms with Crippen LogP contribution in [-0.2, 0) is 21.9 Å². The first-order chi connectivity index (χ1) is 21.0. The first-order valence-electron chi connectivity index (χ1n) is 16.7. The van der Waals surface area contributed by atoms with Crippen LogP contribution in [0.5, 0.6) is 0 Å². The number of anilines is 1. The molecule has 1 spiro atoms. The zero-order chi connectivity index (χ0) is 32.2. The van der Waals surface area contributed by atoms with E-state index in [-0.39, 0.29) is 21.7 Å². The van der Waals surface area contributed by atoms with Gasteiger partial charge in [-0.1, -0.05) is 117 Å². The molecule has 4 aromatic carbocycles. The number of hydrogen-bond donors (Lipinski definition) is 0. The molecule has 43 heavy (non-hydrogen) atoms. The number of aromatic nitrogens is 2. The largest absolute Gasteiger partial charge is 0.343 e. The van der Waals surface area contributed by atoms with Crippen LogP contribution in [0.1, 0.15) is 92.9 Å². The van der Waals surface area contributed by atoms with Gasteiger partial charge in [0.15, 0.2) is 5.66 Å². The molecule has 8 rings (SSSR count). The predicted octanol–water partition coefficient (Wildman–Crippen LogP) is 9.78. The zero-order valence-corrected chi connectivity index (χ0v) is 27.2. The van der Waals surface area contributed by atoms with Crippen molar-refractivity contribution >= 4 is 16.7 Å². The van der Waals surface area contributed by atoms with Crippen LogP contribution in [0, 0.1) is 5.41 Å². The maximum absolute atomic E-state index is 10.1. The zero-order valence-electron chi connectivity index (χ0n) is 29.2. The summed E-state index contributed by atoms with van der Waals surface area (Å²) in [5, 5.41) is 0. The van der Waals surface area contributed by atoms with E-state index in [1.54, 1.807) is 0 Å². The van der Waals surface area contributed by atoms with Gasteiger partial charge in [-0.3, -0.25) is 4.57 Å². The molecule has 0 saturated heterocycles. The standard InChI is InChI=1S/C40H43N3/c1-36(2,3)24-19-20-27-33(21-24)42(10)40(28-17-13-11-15-25(28)26-16-12-14-18-29(26)40)43-34-23-31-30(22-32(34)41-35(27)43)37(4,5)39(8,9)38(31,6)7/h11-23H,1-10H3/i22D,23D. The Hall–Kier alpha value is -3.85. The lowest BCUT2D eigenvalue weighted by Crippen LogP contribution is -2.52. The maximum Gasteiger partial charge on any atom is 0.172 e. The van der Waals surface area contributed by atoms with Crippen molar-refractivity contribution < 1.29 is 2.74 Å². The van der Waals surface area contributed by atoms with Crippen molar-refractivity contribution in [2.75, 3.05) is 11.9 Å². The van der Waals surface area contributed by atoms with Crippen molar-refractivity contribution in [2.24, 2.45) is 5.41 Å². The van der Waals surface area contributed by atoms with Gasteiger partial charge in [0.1, 0.15) is 5.82 Å². The van der Waals surface area contributed by atoms with Gasteiger partial charge < -0.3 is 4.90 Å². The molecule has 0 fully saturated rings. The smallest absolute Gasteiger partial charge is 0.172 e. The van der Waals surface area contributed by atoms with Crippen molar-refractivity contribution in [3.05, 3.63) is 107 Å². The van der Waals surface area contributed by atoms with Crippen LogP contribution < -0.4 is 4.90 Å². The highest BCUT2D eigenvalue weighted by Gasteiger charge is 2.58. The van der Waals surface area contributed by atoms with E-state index >= 15 is 0 Å². The number of benzene rings is 4. The van der Waals surface area contributed by atoms with Crippen molar-refractivity contribution in [3.63, 3.8) is 0 Å². The summed E-state index contributed by atoms with van der Waals surface area (Å²) in [6.45, 7) is 20.4. The van der Waals surface area contributed by atoms with Crippen LogP contribution in [0.2, 0.25) is 0 Å².